The minimum atomic E-state index is -4.79. The van der Waals surface area contributed by atoms with Crippen LogP contribution in [0.15, 0.2) is 18.2 Å². The van der Waals surface area contributed by atoms with Gasteiger partial charge in [0.1, 0.15) is 11.6 Å². The van der Waals surface area contributed by atoms with Crippen molar-refractivity contribution >= 4 is 11.6 Å². The molecule has 0 saturated heterocycles. The lowest BCUT2D eigenvalue weighted by Gasteiger charge is -2.08. The van der Waals surface area contributed by atoms with Crippen LogP contribution in [0.1, 0.15) is 0 Å². The average molecular weight is 215 g/mol. The molecule has 0 atom stereocenters. The van der Waals surface area contributed by atoms with E-state index in [4.69, 9.17) is 11.6 Å². The second-order valence-corrected chi connectivity index (χ2v) is 2.53. The molecular formula is C7H3ClF4O. The van der Waals surface area contributed by atoms with Crippen molar-refractivity contribution in [2.45, 2.75) is 6.36 Å². The monoisotopic (exact) mass is 214 g/mol. The molecule has 72 valence electrons. The van der Waals surface area contributed by atoms with E-state index in [9.17, 15) is 17.6 Å². The van der Waals surface area contributed by atoms with Crippen LogP contribution in [0.4, 0.5) is 17.6 Å². The maximum Gasteiger partial charge on any atom is 0.573 e. The van der Waals surface area contributed by atoms with Crippen LogP contribution in [-0.2, 0) is 0 Å². The van der Waals surface area contributed by atoms with Gasteiger partial charge >= 0.3 is 6.36 Å². The van der Waals surface area contributed by atoms with Gasteiger partial charge in [-0.2, -0.15) is 0 Å². The Hall–Kier alpha value is -0.970. The van der Waals surface area contributed by atoms with E-state index >= 15 is 0 Å². The minimum Gasteiger partial charge on any atom is -0.406 e. The molecule has 0 aliphatic heterocycles. The standard InChI is InChI=1S/C7H3ClF4O/c8-5-3-4(1-2-6(5)9)13-7(10,11)12/h1-3H. The molecule has 0 aliphatic carbocycles. The topological polar surface area (TPSA) is 9.23 Å². The fourth-order valence-electron chi connectivity index (χ4n) is 0.674. The number of benzene rings is 1. The van der Waals surface area contributed by atoms with Crippen LogP contribution in [0.5, 0.6) is 5.75 Å². The summed E-state index contributed by atoms with van der Waals surface area (Å²) in [5.41, 5.74) is 0. The second kappa shape index (κ2) is 3.41. The van der Waals surface area contributed by atoms with Crippen LogP contribution in [0.3, 0.4) is 0 Å². The van der Waals surface area contributed by atoms with E-state index < -0.39 is 23.0 Å². The van der Waals surface area contributed by atoms with E-state index in [1.165, 1.54) is 0 Å². The maximum atomic E-state index is 12.5. The summed E-state index contributed by atoms with van der Waals surface area (Å²) in [6.45, 7) is 0. The zero-order valence-corrected chi connectivity index (χ0v) is 6.79. The second-order valence-electron chi connectivity index (χ2n) is 2.12. The van der Waals surface area contributed by atoms with Crippen LogP contribution in [0.2, 0.25) is 5.02 Å². The van der Waals surface area contributed by atoms with Crippen LogP contribution >= 0.6 is 11.6 Å². The third-order valence-electron chi connectivity index (χ3n) is 1.12. The summed E-state index contributed by atoms with van der Waals surface area (Å²) in [6, 6.07) is 2.39. The molecule has 13 heavy (non-hydrogen) atoms. The summed E-state index contributed by atoms with van der Waals surface area (Å²) < 4.78 is 50.8. The molecule has 6 heteroatoms. The summed E-state index contributed by atoms with van der Waals surface area (Å²) in [7, 11) is 0. The van der Waals surface area contributed by atoms with Crippen molar-refractivity contribution in [3.63, 3.8) is 0 Å². The molecule has 0 bridgehead atoms. The van der Waals surface area contributed by atoms with E-state index in [0.29, 0.717) is 0 Å². The van der Waals surface area contributed by atoms with Gasteiger partial charge in [0.15, 0.2) is 0 Å². The Morgan fingerprint density at radius 3 is 2.31 bits per heavy atom. The largest absolute Gasteiger partial charge is 0.573 e. The number of rotatable bonds is 1. The van der Waals surface area contributed by atoms with E-state index in [1.54, 1.807) is 0 Å². The highest BCUT2D eigenvalue weighted by Gasteiger charge is 2.31. The van der Waals surface area contributed by atoms with Gasteiger partial charge < -0.3 is 4.74 Å². The Bertz CT molecular complexity index is 310. The average Bonchev–Trinajstić information content (AvgIpc) is 1.94. The third kappa shape index (κ3) is 3.10. The zero-order valence-electron chi connectivity index (χ0n) is 6.03. The van der Waals surface area contributed by atoms with Crippen LogP contribution in [0.25, 0.3) is 0 Å². The van der Waals surface area contributed by atoms with Gasteiger partial charge in [0, 0.05) is 6.07 Å². The quantitative estimate of drug-likeness (QED) is 0.651. The highest BCUT2D eigenvalue weighted by Crippen LogP contribution is 2.26. The van der Waals surface area contributed by atoms with Crippen LogP contribution in [-0.4, -0.2) is 6.36 Å². The molecule has 0 saturated carbocycles. The van der Waals surface area contributed by atoms with Crippen molar-refractivity contribution in [2.24, 2.45) is 0 Å². The lowest BCUT2D eigenvalue weighted by Crippen LogP contribution is -2.17. The van der Waals surface area contributed by atoms with Crippen LogP contribution < -0.4 is 4.74 Å². The molecule has 0 radical (unpaired) electrons. The van der Waals surface area contributed by atoms with Gasteiger partial charge in [0.2, 0.25) is 0 Å². The summed E-state index contributed by atoms with van der Waals surface area (Å²) in [5.74, 6) is -1.34. The lowest BCUT2D eigenvalue weighted by atomic mass is 10.3. The Labute approximate surface area is 75.9 Å². The van der Waals surface area contributed by atoms with Crippen molar-refractivity contribution in [1.82, 2.24) is 0 Å². The number of ether oxygens (including phenoxy) is 1. The van der Waals surface area contributed by atoms with E-state index in [0.717, 1.165) is 18.2 Å². The fourth-order valence-corrected chi connectivity index (χ4v) is 0.845. The molecule has 0 heterocycles. The highest BCUT2D eigenvalue weighted by atomic mass is 35.5. The maximum absolute atomic E-state index is 12.5. The lowest BCUT2D eigenvalue weighted by molar-refractivity contribution is -0.274. The number of hydrogen-bond acceptors (Lipinski definition) is 1. The molecule has 0 aliphatic rings. The van der Waals surface area contributed by atoms with Crippen molar-refractivity contribution in [2.75, 3.05) is 0 Å². The molecule has 1 aromatic rings. The summed E-state index contributed by atoms with van der Waals surface area (Å²) in [4.78, 5) is 0. The smallest absolute Gasteiger partial charge is 0.406 e. The van der Waals surface area contributed by atoms with Gasteiger partial charge in [-0.1, -0.05) is 11.6 Å². The van der Waals surface area contributed by atoms with Crippen molar-refractivity contribution in [3.8, 4) is 5.75 Å². The summed E-state index contributed by atoms with van der Waals surface area (Å²) in [5, 5.41) is -0.415. The van der Waals surface area contributed by atoms with E-state index in [-0.39, 0.29) is 0 Å². The first kappa shape index (κ1) is 10.1. The third-order valence-corrected chi connectivity index (χ3v) is 1.41. The molecule has 0 unspecified atom stereocenters. The summed E-state index contributed by atoms with van der Waals surface area (Å²) >= 11 is 5.22. The first-order valence-corrected chi connectivity index (χ1v) is 3.47. The molecule has 0 spiro atoms. The molecule has 0 aromatic heterocycles. The fraction of sp³-hybridized carbons (Fsp3) is 0.143. The Kier molecular flexibility index (Phi) is 2.66. The predicted molar refractivity (Wildman–Crippen MR) is 38.1 cm³/mol. The molecule has 1 aromatic carbocycles. The molecule has 0 fully saturated rings. The Morgan fingerprint density at radius 2 is 1.85 bits per heavy atom. The number of hydrogen-bond donors (Lipinski definition) is 0. The summed E-state index contributed by atoms with van der Waals surface area (Å²) in [6.07, 6.45) is -4.79. The van der Waals surface area contributed by atoms with Gasteiger partial charge in [-0.3, -0.25) is 0 Å². The van der Waals surface area contributed by atoms with Crippen LogP contribution in [0, 0.1) is 5.82 Å². The van der Waals surface area contributed by atoms with Crippen molar-refractivity contribution in [1.29, 1.82) is 0 Å². The van der Waals surface area contributed by atoms with E-state index in [1.807, 2.05) is 0 Å². The normalized spacial score (nSPS) is 11.5. The van der Waals surface area contributed by atoms with E-state index in [2.05, 4.69) is 4.74 Å². The SMILES string of the molecule is Fc1ccc(OC(F)(F)F)cc1Cl. The molecular weight excluding hydrogens is 212 g/mol. The van der Waals surface area contributed by atoms with Gasteiger partial charge in [-0.05, 0) is 12.1 Å². The van der Waals surface area contributed by atoms with Gasteiger partial charge in [0.05, 0.1) is 5.02 Å². The molecule has 1 nitrogen and oxygen atoms in total. The number of alkyl halides is 3. The molecule has 0 N–H and O–H groups in total. The predicted octanol–water partition coefficient (Wildman–Crippen LogP) is 3.38. The minimum absolute atomic E-state index is 0.415. The molecule has 0 amide bonds. The van der Waals surface area contributed by atoms with Crippen molar-refractivity contribution < 1.29 is 22.3 Å². The Balaban J connectivity index is 2.86. The highest BCUT2D eigenvalue weighted by molar-refractivity contribution is 6.30. The van der Waals surface area contributed by atoms with Gasteiger partial charge in [-0.25, -0.2) is 4.39 Å². The Morgan fingerprint density at radius 1 is 1.23 bits per heavy atom. The first-order chi connectivity index (χ1) is 5.88. The van der Waals surface area contributed by atoms with Crippen molar-refractivity contribution in [3.05, 3.63) is 29.0 Å². The van der Waals surface area contributed by atoms with Gasteiger partial charge in [-0.15, -0.1) is 13.2 Å². The zero-order chi connectivity index (χ0) is 10.1. The first-order valence-electron chi connectivity index (χ1n) is 3.09. The van der Waals surface area contributed by atoms with Gasteiger partial charge in [0.25, 0.3) is 0 Å². The molecule has 1 rings (SSSR count). The number of halogens is 5.